The molecule has 0 spiro atoms. The van der Waals surface area contributed by atoms with E-state index in [0.29, 0.717) is 52.4 Å². The largest absolute Gasteiger partial charge is 0.444 e. The Bertz CT molecular complexity index is 1190. The van der Waals surface area contributed by atoms with Gasteiger partial charge in [-0.1, -0.05) is 45.8 Å². The molecule has 10 heteroatoms. The Morgan fingerprint density at radius 3 is 2.20 bits per heavy atom. The molecule has 2 heterocycles. The van der Waals surface area contributed by atoms with Gasteiger partial charge in [-0.25, -0.2) is 18.6 Å². The average molecular weight is 619 g/mol. The second-order valence-electron chi connectivity index (χ2n) is 11.0. The maximum atomic E-state index is 14.3. The molecule has 2 fully saturated rings. The third-order valence-electron chi connectivity index (χ3n) is 6.87. The highest BCUT2D eigenvalue weighted by Gasteiger charge is 2.26. The van der Waals surface area contributed by atoms with Gasteiger partial charge in [-0.3, -0.25) is 0 Å². The molecular weight excluding hydrogens is 580 g/mol. The highest BCUT2D eigenvalue weighted by molar-refractivity contribution is 9.10. The first-order valence-electron chi connectivity index (χ1n) is 13.7. The minimum atomic E-state index is -0.542. The molecule has 2 aromatic rings. The van der Waals surface area contributed by atoms with Crippen LogP contribution < -0.4 is 10.2 Å². The van der Waals surface area contributed by atoms with Gasteiger partial charge < -0.3 is 24.8 Å². The Hall–Kier alpha value is -3.14. The van der Waals surface area contributed by atoms with Crippen LogP contribution in [0.25, 0.3) is 0 Å². The number of anilines is 1. The molecule has 2 aliphatic heterocycles. The number of piperidine rings is 1. The van der Waals surface area contributed by atoms with Crippen LogP contribution in [0.4, 0.5) is 19.3 Å². The minimum absolute atomic E-state index is 0.0333. The van der Waals surface area contributed by atoms with Gasteiger partial charge in [-0.05, 0) is 63.4 Å². The molecule has 0 radical (unpaired) electrons. The molecule has 1 N–H and O–H groups in total. The van der Waals surface area contributed by atoms with E-state index in [-0.39, 0.29) is 11.8 Å². The number of halogens is 3. The summed E-state index contributed by atoms with van der Waals surface area (Å²) in [5.41, 5.74) is 1.91. The first-order valence-corrected chi connectivity index (χ1v) is 14.5. The number of guanidine groups is 1. The van der Waals surface area contributed by atoms with Crippen molar-refractivity contribution >= 4 is 33.7 Å². The van der Waals surface area contributed by atoms with Gasteiger partial charge in [-0.2, -0.15) is 0 Å². The van der Waals surface area contributed by atoms with Gasteiger partial charge >= 0.3 is 6.09 Å². The molecule has 0 bridgehead atoms. The van der Waals surface area contributed by atoms with Crippen molar-refractivity contribution in [2.24, 2.45) is 4.99 Å². The maximum absolute atomic E-state index is 14.3. The summed E-state index contributed by atoms with van der Waals surface area (Å²) in [5, 5.41) is 3.48. The molecule has 7 nitrogen and oxygen atoms in total. The molecule has 0 aromatic heterocycles. The number of nitrogens with zero attached hydrogens (tertiary/aromatic N) is 4. The van der Waals surface area contributed by atoms with E-state index in [9.17, 15) is 13.6 Å². The summed E-state index contributed by atoms with van der Waals surface area (Å²) in [6, 6.07) is 12.0. The number of amides is 1. The standard InChI is InChI=1S/C30H38BrF2N5O2/c1-30(2,3)40-29(39)38-15-12-22(13-16-38)11-14-34-28(35-21-23-7-9-24(31)10-8-23)37-19-17-36(18-20-37)27-25(32)5-4-6-26(27)33/h4-11H,12-21H2,1-3H3,(H,34,35). The Balaban J connectivity index is 1.37. The number of ether oxygens (including phenoxy) is 1. The van der Waals surface area contributed by atoms with Crippen molar-refractivity contribution in [3.05, 3.63) is 75.8 Å². The van der Waals surface area contributed by atoms with Crippen molar-refractivity contribution in [1.82, 2.24) is 15.1 Å². The number of carbonyl (C=O) groups is 1. The Morgan fingerprint density at radius 1 is 0.975 bits per heavy atom. The summed E-state index contributed by atoms with van der Waals surface area (Å²) in [7, 11) is 0. The van der Waals surface area contributed by atoms with Crippen LogP contribution >= 0.6 is 15.9 Å². The van der Waals surface area contributed by atoms with E-state index in [1.807, 2.05) is 45.0 Å². The average Bonchev–Trinajstić information content (AvgIpc) is 2.91. The molecule has 4 rings (SSSR count). The molecule has 1 amide bonds. The summed E-state index contributed by atoms with van der Waals surface area (Å²) in [6.07, 6.45) is 3.52. The molecule has 0 saturated carbocycles. The van der Waals surface area contributed by atoms with Crippen molar-refractivity contribution < 1.29 is 18.3 Å². The predicted molar refractivity (Wildman–Crippen MR) is 159 cm³/mol. The van der Waals surface area contributed by atoms with Crippen molar-refractivity contribution in [1.29, 1.82) is 0 Å². The van der Waals surface area contributed by atoms with Crippen molar-refractivity contribution in [3.63, 3.8) is 0 Å². The predicted octanol–water partition coefficient (Wildman–Crippen LogP) is 5.95. The number of likely N-dealkylation sites (tertiary alicyclic amines) is 1. The number of nitrogens with one attached hydrogen (secondary N) is 1. The van der Waals surface area contributed by atoms with Crippen molar-refractivity contribution in [2.45, 2.75) is 45.8 Å². The topological polar surface area (TPSA) is 60.4 Å². The zero-order valence-electron chi connectivity index (χ0n) is 23.4. The van der Waals surface area contributed by atoms with Crippen LogP contribution in [0.2, 0.25) is 0 Å². The fourth-order valence-corrected chi connectivity index (χ4v) is 5.01. The maximum Gasteiger partial charge on any atom is 0.410 e. The monoisotopic (exact) mass is 617 g/mol. The molecule has 2 saturated heterocycles. The second kappa shape index (κ2) is 13.5. The summed E-state index contributed by atoms with van der Waals surface area (Å²) in [6.45, 7) is 10.2. The molecule has 40 heavy (non-hydrogen) atoms. The number of benzene rings is 2. The lowest BCUT2D eigenvalue weighted by atomic mass is 10.0. The van der Waals surface area contributed by atoms with E-state index in [1.165, 1.54) is 23.8 Å². The molecule has 0 aliphatic carbocycles. The molecule has 0 atom stereocenters. The first kappa shape index (κ1) is 29.8. The number of carbonyl (C=O) groups excluding carboxylic acids is 1. The number of para-hydroxylation sites is 1. The van der Waals surface area contributed by atoms with Crippen molar-refractivity contribution in [2.75, 3.05) is 50.7 Å². The molecule has 2 aromatic carbocycles. The van der Waals surface area contributed by atoms with E-state index in [2.05, 4.69) is 32.2 Å². The van der Waals surface area contributed by atoms with Crippen LogP contribution in [-0.4, -0.2) is 73.3 Å². The fraction of sp³-hybridized carbons (Fsp3) is 0.467. The van der Waals surface area contributed by atoms with Crippen LogP contribution in [0, 0.1) is 11.6 Å². The van der Waals surface area contributed by atoms with Gasteiger partial charge in [0.05, 0.1) is 6.54 Å². The van der Waals surface area contributed by atoms with E-state index < -0.39 is 17.2 Å². The third-order valence-corrected chi connectivity index (χ3v) is 7.39. The molecule has 2 aliphatic rings. The lowest BCUT2D eigenvalue weighted by Gasteiger charge is -2.38. The second-order valence-corrected chi connectivity index (χ2v) is 11.9. The van der Waals surface area contributed by atoms with Gasteiger partial charge in [0, 0.05) is 50.3 Å². The van der Waals surface area contributed by atoms with E-state index >= 15 is 0 Å². The van der Waals surface area contributed by atoms with Crippen LogP contribution in [-0.2, 0) is 11.3 Å². The SMILES string of the molecule is CC(C)(C)OC(=O)N1CCC(=CCNC(=NCc2ccc(Br)cc2)N2CCN(c3c(F)cccc3F)CC2)CC1. The van der Waals surface area contributed by atoms with Gasteiger partial charge in [0.2, 0.25) is 0 Å². The van der Waals surface area contributed by atoms with E-state index in [0.717, 1.165) is 28.8 Å². The number of rotatable bonds is 5. The highest BCUT2D eigenvalue weighted by Crippen LogP contribution is 2.24. The minimum Gasteiger partial charge on any atom is -0.444 e. The van der Waals surface area contributed by atoms with Gasteiger partial charge in [0.1, 0.15) is 22.9 Å². The highest BCUT2D eigenvalue weighted by atomic mass is 79.9. The fourth-order valence-electron chi connectivity index (χ4n) is 4.75. The Kier molecular flexibility index (Phi) is 10.1. The van der Waals surface area contributed by atoms with Crippen LogP contribution in [0.3, 0.4) is 0 Å². The Morgan fingerprint density at radius 2 is 1.60 bits per heavy atom. The molecule has 0 unspecified atom stereocenters. The van der Waals surface area contributed by atoms with E-state index in [1.54, 1.807) is 9.80 Å². The van der Waals surface area contributed by atoms with Crippen LogP contribution in [0.1, 0.15) is 39.2 Å². The first-order chi connectivity index (χ1) is 19.1. The van der Waals surface area contributed by atoms with E-state index in [4.69, 9.17) is 9.73 Å². The van der Waals surface area contributed by atoms with Crippen molar-refractivity contribution in [3.8, 4) is 0 Å². The number of aliphatic imine (C=N–C) groups is 1. The molecular formula is C30H38BrF2N5O2. The van der Waals surface area contributed by atoms with Crippen LogP contribution in [0.15, 0.2) is 63.6 Å². The number of hydrogen-bond acceptors (Lipinski definition) is 4. The molecule has 216 valence electrons. The van der Waals surface area contributed by atoms with Gasteiger partial charge in [-0.15, -0.1) is 0 Å². The quantitative estimate of drug-likeness (QED) is 0.255. The Labute approximate surface area is 244 Å². The summed E-state index contributed by atoms with van der Waals surface area (Å²) >= 11 is 3.47. The lowest BCUT2D eigenvalue weighted by Crippen LogP contribution is -2.53. The lowest BCUT2D eigenvalue weighted by molar-refractivity contribution is 0.0236. The number of piperazine rings is 1. The third kappa shape index (κ3) is 8.43. The summed E-state index contributed by atoms with van der Waals surface area (Å²) < 4.78 is 35.2. The summed E-state index contributed by atoms with van der Waals surface area (Å²) in [5.74, 6) is -0.320. The van der Waals surface area contributed by atoms with Gasteiger partial charge in [0.25, 0.3) is 0 Å². The summed E-state index contributed by atoms with van der Waals surface area (Å²) in [4.78, 5) is 22.9. The normalized spacial score (nSPS) is 16.7. The zero-order valence-corrected chi connectivity index (χ0v) is 25.0. The van der Waals surface area contributed by atoms with Gasteiger partial charge in [0.15, 0.2) is 5.96 Å². The van der Waals surface area contributed by atoms with Crippen LogP contribution in [0.5, 0.6) is 0 Å². The zero-order chi connectivity index (χ0) is 28.7. The number of hydrogen-bond donors (Lipinski definition) is 1. The smallest absolute Gasteiger partial charge is 0.410 e.